The second-order valence-corrected chi connectivity index (χ2v) is 6.43. The molecule has 1 aliphatic heterocycles. The van der Waals surface area contributed by atoms with E-state index in [1.165, 1.54) is 11.8 Å². The van der Waals surface area contributed by atoms with Gasteiger partial charge in [0.1, 0.15) is 6.54 Å². The minimum atomic E-state index is -0.258. The fourth-order valence-corrected chi connectivity index (χ4v) is 2.89. The molecule has 26 heavy (non-hydrogen) atoms. The summed E-state index contributed by atoms with van der Waals surface area (Å²) in [5, 5.41) is 2.91. The first-order valence-corrected chi connectivity index (χ1v) is 8.52. The Morgan fingerprint density at radius 1 is 1.12 bits per heavy atom. The van der Waals surface area contributed by atoms with Crippen LogP contribution in [-0.4, -0.2) is 25.2 Å². The number of nitrogens with one attached hydrogen (secondary N) is 1. The Labute approximate surface area is 152 Å². The molecule has 6 nitrogen and oxygen atoms in total. The lowest BCUT2D eigenvalue weighted by Crippen LogP contribution is -2.36. The Hall–Kier alpha value is -3.02. The molecule has 0 spiro atoms. The van der Waals surface area contributed by atoms with Crippen molar-refractivity contribution in [2.45, 2.75) is 26.7 Å². The molecule has 0 aliphatic carbocycles. The molecule has 0 atom stereocenters. The molecule has 1 N–H and O–H groups in total. The molecule has 2 aromatic rings. The number of anilines is 2. The van der Waals surface area contributed by atoms with Gasteiger partial charge in [-0.2, -0.15) is 0 Å². The van der Waals surface area contributed by atoms with Gasteiger partial charge >= 0.3 is 0 Å². The number of para-hydroxylation sites is 1. The van der Waals surface area contributed by atoms with Crippen molar-refractivity contribution in [2.75, 3.05) is 23.6 Å². The Bertz CT molecular complexity index is 832. The summed E-state index contributed by atoms with van der Waals surface area (Å²) < 4.78 is 10.6. The fourth-order valence-electron chi connectivity index (χ4n) is 2.89. The van der Waals surface area contributed by atoms with Gasteiger partial charge in [-0.25, -0.2) is 0 Å². The quantitative estimate of drug-likeness (QED) is 0.892. The van der Waals surface area contributed by atoms with E-state index >= 15 is 0 Å². The van der Waals surface area contributed by atoms with Crippen LogP contribution in [0.4, 0.5) is 11.4 Å². The first-order valence-electron chi connectivity index (χ1n) is 8.52. The Morgan fingerprint density at radius 3 is 2.58 bits per heavy atom. The summed E-state index contributed by atoms with van der Waals surface area (Å²) in [7, 11) is 0. The van der Waals surface area contributed by atoms with Gasteiger partial charge in [-0.1, -0.05) is 32.0 Å². The number of hydrogen-bond acceptors (Lipinski definition) is 4. The predicted octanol–water partition coefficient (Wildman–Crippen LogP) is 3.53. The lowest BCUT2D eigenvalue weighted by Gasteiger charge is -2.22. The summed E-state index contributed by atoms with van der Waals surface area (Å²) in [6.07, 6.45) is 0. The molecule has 0 bridgehead atoms. The van der Waals surface area contributed by atoms with Crippen molar-refractivity contribution >= 4 is 23.2 Å². The third-order valence-corrected chi connectivity index (χ3v) is 4.21. The van der Waals surface area contributed by atoms with Gasteiger partial charge in [-0.15, -0.1) is 0 Å². The number of ether oxygens (including phenoxy) is 2. The summed E-state index contributed by atoms with van der Waals surface area (Å²) in [5.74, 6) is 0.998. The Kier molecular flexibility index (Phi) is 5.11. The summed E-state index contributed by atoms with van der Waals surface area (Å²) in [6, 6.07) is 12.9. The van der Waals surface area contributed by atoms with Gasteiger partial charge in [0.25, 0.3) is 0 Å². The van der Waals surface area contributed by atoms with E-state index in [2.05, 4.69) is 19.2 Å². The van der Waals surface area contributed by atoms with Crippen LogP contribution in [0.15, 0.2) is 42.5 Å². The minimum Gasteiger partial charge on any atom is -0.454 e. The van der Waals surface area contributed by atoms with Crippen LogP contribution in [0.1, 0.15) is 32.3 Å². The fraction of sp³-hybridized carbons (Fsp3) is 0.300. The van der Waals surface area contributed by atoms with Crippen molar-refractivity contribution < 1.29 is 19.1 Å². The van der Waals surface area contributed by atoms with E-state index in [0.717, 1.165) is 11.3 Å². The van der Waals surface area contributed by atoms with Gasteiger partial charge in [-0.05, 0) is 29.7 Å². The smallest absolute Gasteiger partial charge is 0.244 e. The summed E-state index contributed by atoms with van der Waals surface area (Å²) in [5.41, 5.74) is 2.41. The number of carbonyl (C=O) groups excluding carboxylic acids is 2. The summed E-state index contributed by atoms with van der Waals surface area (Å²) >= 11 is 0. The third-order valence-electron chi connectivity index (χ3n) is 4.21. The number of fused-ring (bicyclic) bond motifs is 1. The predicted molar refractivity (Wildman–Crippen MR) is 99.8 cm³/mol. The second-order valence-electron chi connectivity index (χ2n) is 6.43. The van der Waals surface area contributed by atoms with Crippen molar-refractivity contribution in [1.82, 2.24) is 0 Å². The van der Waals surface area contributed by atoms with Crippen molar-refractivity contribution in [2.24, 2.45) is 0 Å². The van der Waals surface area contributed by atoms with Gasteiger partial charge in [0.2, 0.25) is 18.6 Å². The highest BCUT2D eigenvalue weighted by Crippen LogP contribution is 2.35. The van der Waals surface area contributed by atoms with Gasteiger partial charge in [0.15, 0.2) is 11.5 Å². The topological polar surface area (TPSA) is 67.9 Å². The third kappa shape index (κ3) is 3.79. The zero-order chi connectivity index (χ0) is 18.7. The van der Waals surface area contributed by atoms with E-state index in [4.69, 9.17) is 9.47 Å². The highest BCUT2D eigenvalue weighted by molar-refractivity contribution is 6.02. The molecule has 0 saturated carbocycles. The van der Waals surface area contributed by atoms with Crippen LogP contribution in [0, 0.1) is 0 Å². The van der Waals surface area contributed by atoms with Crippen molar-refractivity contribution in [1.29, 1.82) is 0 Å². The molecule has 1 aliphatic rings. The van der Waals surface area contributed by atoms with Crippen molar-refractivity contribution in [3.63, 3.8) is 0 Å². The molecule has 0 radical (unpaired) electrons. The molecular weight excluding hydrogens is 332 g/mol. The van der Waals surface area contributed by atoms with Gasteiger partial charge in [0, 0.05) is 24.4 Å². The minimum absolute atomic E-state index is 0.0819. The van der Waals surface area contributed by atoms with Gasteiger partial charge in [0.05, 0.1) is 0 Å². The van der Waals surface area contributed by atoms with Gasteiger partial charge in [-0.3, -0.25) is 9.59 Å². The Morgan fingerprint density at radius 2 is 1.85 bits per heavy atom. The number of benzene rings is 2. The summed E-state index contributed by atoms with van der Waals surface area (Å²) in [4.78, 5) is 26.0. The maximum atomic E-state index is 12.5. The highest BCUT2D eigenvalue weighted by Gasteiger charge is 2.20. The van der Waals surface area contributed by atoms with E-state index in [9.17, 15) is 9.59 Å². The van der Waals surface area contributed by atoms with E-state index in [-0.39, 0.29) is 31.1 Å². The number of hydrogen-bond donors (Lipinski definition) is 1. The second kappa shape index (κ2) is 7.47. The Balaban J connectivity index is 1.77. The van der Waals surface area contributed by atoms with E-state index in [1.54, 1.807) is 18.2 Å². The zero-order valence-corrected chi connectivity index (χ0v) is 15.1. The largest absolute Gasteiger partial charge is 0.454 e. The molecule has 2 amide bonds. The standard InChI is InChI=1S/C20H22N2O4/c1-13(2)16-6-4-5-7-17(16)21-20(24)11-22(14(3)23)15-8-9-18-19(10-15)26-12-25-18/h4-10,13H,11-12H2,1-3H3,(H,21,24). The first kappa shape index (κ1) is 17.8. The van der Waals surface area contributed by atoms with E-state index in [1.807, 2.05) is 24.3 Å². The molecule has 0 unspecified atom stereocenters. The van der Waals surface area contributed by atoms with Crippen molar-refractivity contribution in [3.05, 3.63) is 48.0 Å². The normalized spacial score (nSPS) is 12.2. The molecule has 136 valence electrons. The van der Waals surface area contributed by atoms with Crippen LogP contribution in [0.2, 0.25) is 0 Å². The molecule has 0 aromatic heterocycles. The van der Waals surface area contributed by atoms with Gasteiger partial charge < -0.3 is 19.7 Å². The molecule has 0 fully saturated rings. The summed E-state index contributed by atoms with van der Waals surface area (Å²) in [6.45, 7) is 5.64. The van der Waals surface area contributed by atoms with Crippen molar-refractivity contribution in [3.8, 4) is 11.5 Å². The lowest BCUT2D eigenvalue weighted by molar-refractivity contribution is -0.120. The van der Waals surface area contributed by atoms with Crippen LogP contribution < -0.4 is 19.7 Å². The maximum absolute atomic E-state index is 12.5. The molecule has 2 aromatic carbocycles. The van der Waals surface area contributed by atoms with Crippen LogP contribution in [0.25, 0.3) is 0 Å². The number of nitrogens with zero attached hydrogens (tertiary/aromatic N) is 1. The number of rotatable bonds is 5. The zero-order valence-electron chi connectivity index (χ0n) is 15.1. The molecular formula is C20H22N2O4. The number of amides is 2. The van der Waals surface area contributed by atoms with Crippen LogP contribution in [0.5, 0.6) is 11.5 Å². The SMILES string of the molecule is CC(=O)N(CC(=O)Nc1ccccc1C(C)C)c1ccc2c(c1)OCO2. The first-order chi connectivity index (χ1) is 12.5. The lowest BCUT2D eigenvalue weighted by atomic mass is 10.0. The highest BCUT2D eigenvalue weighted by atomic mass is 16.7. The monoisotopic (exact) mass is 354 g/mol. The molecule has 0 saturated heterocycles. The van der Waals surface area contributed by atoms with E-state index in [0.29, 0.717) is 17.2 Å². The average Bonchev–Trinajstić information content (AvgIpc) is 3.07. The number of carbonyl (C=O) groups is 2. The van der Waals surface area contributed by atoms with Crippen LogP contribution in [-0.2, 0) is 9.59 Å². The van der Waals surface area contributed by atoms with Crippen LogP contribution >= 0.6 is 0 Å². The van der Waals surface area contributed by atoms with E-state index < -0.39 is 0 Å². The maximum Gasteiger partial charge on any atom is 0.244 e. The molecule has 6 heteroatoms. The average molecular weight is 354 g/mol. The molecule has 1 heterocycles. The van der Waals surface area contributed by atoms with Crippen LogP contribution in [0.3, 0.4) is 0 Å². The molecule has 3 rings (SSSR count).